The number of nitrogens with one attached hydrogen (secondary N) is 1. The van der Waals surface area contributed by atoms with Crippen molar-refractivity contribution in [2.45, 2.75) is 38.5 Å². The van der Waals surface area contributed by atoms with E-state index in [4.69, 9.17) is 9.15 Å². The number of furan rings is 1. The first-order valence-corrected chi connectivity index (χ1v) is 8.51. The second-order valence-electron chi connectivity index (χ2n) is 6.69. The van der Waals surface area contributed by atoms with Gasteiger partial charge in [0, 0.05) is 19.1 Å². The van der Waals surface area contributed by atoms with Crippen LogP contribution in [-0.2, 0) is 6.54 Å². The molecule has 0 atom stereocenters. The second-order valence-corrected chi connectivity index (χ2v) is 6.69. The molecule has 0 unspecified atom stereocenters. The lowest BCUT2D eigenvalue weighted by molar-refractivity contribution is 0.0101. The van der Waals surface area contributed by atoms with Gasteiger partial charge in [0.1, 0.15) is 23.4 Å². The minimum absolute atomic E-state index is 0.0321. The lowest BCUT2D eigenvalue weighted by Gasteiger charge is -2.38. The SMILES string of the molecule is Cc1ccc(CN2CC(Oc3ccccc3C(=O)NC3CC3)C2)o1. The maximum atomic E-state index is 12.3. The van der Waals surface area contributed by atoms with Gasteiger partial charge in [0.25, 0.3) is 5.91 Å². The molecule has 5 nitrogen and oxygen atoms in total. The summed E-state index contributed by atoms with van der Waals surface area (Å²) in [4.78, 5) is 14.6. The number of ether oxygens (including phenoxy) is 1. The summed E-state index contributed by atoms with van der Waals surface area (Å²) in [5.41, 5.74) is 0.629. The monoisotopic (exact) mass is 326 g/mol. The molecule has 1 N–H and O–H groups in total. The van der Waals surface area contributed by atoms with Crippen LogP contribution in [0.2, 0.25) is 0 Å². The lowest BCUT2D eigenvalue weighted by atomic mass is 10.1. The number of carbonyl (C=O) groups excluding carboxylic acids is 1. The van der Waals surface area contributed by atoms with Crippen molar-refractivity contribution in [1.82, 2.24) is 10.2 Å². The molecule has 2 heterocycles. The van der Waals surface area contributed by atoms with Gasteiger partial charge in [-0.25, -0.2) is 0 Å². The number of benzene rings is 1. The molecule has 1 saturated carbocycles. The van der Waals surface area contributed by atoms with Crippen LogP contribution in [-0.4, -0.2) is 36.0 Å². The summed E-state index contributed by atoms with van der Waals surface area (Å²) in [6, 6.07) is 11.8. The van der Waals surface area contributed by atoms with Gasteiger partial charge in [0.05, 0.1) is 12.1 Å². The van der Waals surface area contributed by atoms with Crippen molar-refractivity contribution in [3.63, 3.8) is 0 Å². The van der Waals surface area contributed by atoms with E-state index in [1.807, 2.05) is 43.3 Å². The van der Waals surface area contributed by atoms with Gasteiger partial charge < -0.3 is 14.5 Å². The van der Waals surface area contributed by atoms with Crippen molar-refractivity contribution < 1.29 is 13.9 Å². The predicted molar refractivity (Wildman–Crippen MR) is 90.1 cm³/mol. The van der Waals surface area contributed by atoms with E-state index in [-0.39, 0.29) is 12.0 Å². The van der Waals surface area contributed by atoms with Crippen molar-refractivity contribution in [3.05, 3.63) is 53.5 Å². The quantitative estimate of drug-likeness (QED) is 0.887. The van der Waals surface area contributed by atoms with E-state index in [1.54, 1.807) is 0 Å². The van der Waals surface area contributed by atoms with Crippen molar-refractivity contribution in [2.24, 2.45) is 0 Å². The molecule has 2 fully saturated rings. The van der Waals surface area contributed by atoms with Crippen molar-refractivity contribution in [1.29, 1.82) is 0 Å². The number of amides is 1. The smallest absolute Gasteiger partial charge is 0.255 e. The summed E-state index contributed by atoms with van der Waals surface area (Å²) >= 11 is 0. The van der Waals surface area contributed by atoms with Crippen molar-refractivity contribution in [3.8, 4) is 5.75 Å². The first-order valence-electron chi connectivity index (χ1n) is 8.51. The molecule has 4 rings (SSSR count). The number of para-hydroxylation sites is 1. The summed E-state index contributed by atoms with van der Waals surface area (Å²) in [5, 5.41) is 3.02. The van der Waals surface area contributed by atoms with E-state index in [2.05, 4.69) is 10.2 Å². The third-order valence-electron chi connectivity index (χ3n) is 4.44. The Kier molecular flexibility index (Phi) is 4.02. The molecule has 1 aliphatic heterocycles. The Labute approximate surface area is 141 Å². The number of likely N-dealkylation sites (tertiary alicyclic amines) is 1. The minimum atomic E-state index is -0.0321. The molecular weight excluding hydrogens is 304 g/mol. The van der Waals surface area contributed by atoms with Crippen molar-refractivity contribution in [2.75, 3.05) is 13.1 Å². The van der Waals surface area contributed by atoms with Crippen LogP contribution in [0.5, 0.6) is 5.75 Å². The summed E-state index contributed by atoms with van der Waals surface area (Å²) in [6.45, 7) is 4.45. The Morgan fingerprint density at radius 3 is 2.75 bits per heavy atom. The third kappa shape index (κ3) is 3.46. The zero-order valence-corrected chi connectivity index (χ0v) is 13.8. The van der Waals surface area contributed by atoms with Gasteiger partial charge >= 0.3 is 0 Å². The maximum Gasteiger partial charge on any atom is 0.255 e. The molecule has 0 spiro atoms. The fourth-order valence-corrected chi connectivity index (χ4v) is 2.94. The normalized spacial score (nSPS) is 18.2. The predicted octanol–water partition coefficient (Wildman–Crippen LogP) is 2.74. The molecule has 1 amide bonds. The first-order chi connectivity index (χ1) is 11.7. The molecular formula is C19H22N2O3. The average Bonchev–Trinajstić information content (AvgIpc) is 3.25. The third-order valence-corrected chi connectivity index (χ3v) is 4.44. The first kappa shape index (κ1) is 15.3. The molecule has 5 heteroatoms. The Hall–Kier alpha value is -2.27. The number of carbonyl (C=O) groups is 1. The van der Waals surface area contributed by atoms with Gasteiger partial charge in [0.15, 0.2) is 0 Å². The Morgan fingerprint density at radius 2 is 2.04 bits per heavy atom. The van der Waals surface area contributed by atoms with Crippen LogP contribution >= 0.6 is 0 Å². The fraction of sp³-hybridized carbons (Fsp3) is 0.421. The average molecular weight is 326 g/mol. The van der Waals surface area contributed by atoms with Gasteiger partial charge in [-0.2, -0.15) is 0 Å². The molecule has 126 valence electrons. The molecule has 0 bridgehead atoms. The van der Waals surface area contributed by atoms with Gasteiger partial charge in [-0.05, 0) is 44.0 Å². The minimum Gasteiger partial charge on any atom is -0.487 e. The zero-order valence-electron chi connectivity index (χ0n) is 13.8. The van der Waals surface area contributed by atoms with Crippen LogP contribution in [0.4, 0.5) is 0 Å². The molecule has 1 saturated heterocycles. The van der Waals surface area contributed by atoms with E-state index in [0.717, 1.165) is 44.0 Å². The van der Waals surface area contributed by atoms with Crippen LogP contribution in [0.25, 0.3) is 0 Å². The van der Waals surface area contributed by atoms with Crippen LogP contribution in [0.1, 0.15) is 34.7 Å². The van der Waals surface area contributed by atoms with E-state index >= 15 is 0 Å². The number of rotatable bonds is 6. The maximum absolute atomic E-state index is 12.3. The highest BCUT2D eigenvalue weighted by molar-refractivity contribution is 5.97. The number of aryl methyl sites for hydroxylation is 1. The number of nitrogens with zero attached hydrogens (tertiary/aromatic N) is 1. The number of hydrogen-bond donors (Lipinski definition) is 1. The van der Waals surface area contributed by atoms with Crippen molar-refractivity contribution >= 4 is 5.91 Å². The molecule has 24 heavy (non-hydrogen) atoms. The van der Waals surface area contributed by atoms with E-state index in [9.17, 15) is 4.79 Å². The standard InChI is InChI=1S/C19H22N2O3/c1-13-6-9-15(23-13)10-21-11-16(12-21)24-18-5-3-2-4-17(18)19(22)20-14-7-8-14/h2-6,9,14,16H,7-8,10-12H2,1H3,(H,20,22). The van der Waals surface area contributed by atoms with Gasteiger partial charge in [0.2, 0.25) is 0 Å². The Balaban J connectivity index is 1.32. The van der Waals surface area contributed by atoms with E-state index in [1.165, 1.54) is 0 Å². The van der Waals surface area contributed by atoms with E-state index in [0.29, 0.717) is 17.4 Å². The largest absolute Gasteiger partial charge is 0.487 e. The topological polar surface area (TPSA) is 54.7 Å². The Morgan fingerprint density at radius 1 is 1.25 bits per heavy atom. The van der Waals surface area contributed by atoms with Crippen LogP contribution in [0.3, 0.4) is 0 Å². The van der Waals surface area contributed by atoms with Crippen LogP contribution in [0, 0.1) is 6.92 Å². The summed E-state index contributed by atoms with van der Waals surface area (Å²) in [7, 11) is 0. The van der Waals surface area contributed by atoms with Crippen LogP contribution in [0.15, 0.2) is 40.8 Å². The molecule has 0 radical (unpaired) electrons. The van der Waals surface area contributed by atoms with Gasteiger partial charge in [-0.15, -0.1) is 0 Å². The molecule has 1 aliphatic carbocycles. The summed E-state index contributed by atoms with van der Waals surface area (Å²) < 4.78 is 11.6. The molecule has 2 aromatic rings. The zero-order chi connectivity index (χ0) is 16.5. The highest BCUT2D eigenvalue weighted by Gasteiger charge is 2.31. The van der Waals surface area contributed by atoms with E-state index < -0.39 is 0 Å². The highest BCUT2D eigenvalue weighted by Crippen LogP contribution is 2.25. The molecule has 2 aliphatic rings. The van der Waals surface area contributed by atoms with Gasteiger partial charge in [-0.1, -0.05) is 12.1 Å². The summed E-state index contributed by atoms with van der Waals surface area (Å²) in [5.74, 6) is 2.56. The molecule has 1 aromatic carbocycles. The lowest BCUT2D eigenvalue weighted by Crippen LogP contribution is -2.53. The highest BCUT2D eigenvalue weighted by atomic mass is 16.5. The van der Waals surface area contributed by atoms with Crippen LogP contribution < -0.4 is 10.1 Å². The fourth-order valence-electron chi connectivity index (χ4n) is 2.94. The Bertz CT molecular complexity index is 730. The second kappa shape index (κ2) is 6.32. The molecule has 1 aromatic heterocycles. The summed E-state index contributed by atoms with van der Waals surface area (Å²) in [6.07, 6.45) is 2.29. The van der Waals surface area contributed by atoms with Gasteiger partial charge in [-0.3, -0.25) is 9.69 Å². The number of hydrogen-bond acceptors (Lipinski definition) is 4.